The molecule has 114 valence electrons. The number of hydrogen-bond acceptors (Lipinski definition) is 3. The zero-order valence-corrected chi connectivity index (χ0v) is 11.9. The molecule has 0 radical (unpaired) electrons. The summed E-state index contributed by atoms with van der Waals surface area (Å²) in [7, 11) is 1.54. The maximum Gasteiger partial charge on any atom is 0.251 e. The molecular formula is C16H15FN2O3. The number of nitrogens with one attached hydrogen (secondary N) is 2. The first-order valence-corrected chi connectivity index (χ1v) is 6.56. The Kier molecular flexibility index (Phi) is 5.08. The molecule has 0 heterocycles. The molecule has 22 heavy (non-hydrogen) atoms. The van der Waals surface area contributed by atoms with Gasteiger partial charge in [0.05, 0.1) is 13.7 Å². The van der Waals surface area contributed by atoms with Gasteiger partial charge in [0.1, 0.15) is 11.6 Å². The van der Waals surface area contributed by atoms with Crippen molar-refractivity contribution >= 4 is 17.5 Å². The molecule has 0 unspecified atom stereocenters. The quantitative estimate of drug-likeness (QED) is 0.890. The number of hydrogen-bond donors (Lipinski definition) is 2. The van der Waals surface area contributed by atoms with Gasteiger partial charge in [-0.2, -0.15) is 0 Å². The van der Waals surface area contributed by atoms with Crippen LogP contribution >= 0.6 is 0 Å². The fourth-order valence-corrected chi connectivity index (χ4v) is 1.74. The van der Waals surface area contributed by atoms with Gasteiger partial charge >= 0.3 is 0 Å². The second-order valence-electron chi connectivity index (χ2n) is 4.47. The van der Waals surface area contributed by atoms with E-state index in [0.29, 0.717) is 17.0 Å². The molecule has 2 rings (SSSR count). The lowest BCUT2D eigenvalue weighted by atomic mass is 10.2. The summed E-state index contributed by atoms with van der Waals surface area (Å²) in [5.74, 6) is -0.498. The Morgan fingerprint density at radius 2 is 1.68 bits per heavy atom. The molecule has 2 N–H and O–H groups in total. The number of amides is 2. The van der Waals surface area contributed by atoms with Gasteiger partial charge in [0, 0.05) is 11.3 Å². The molecule has 0 aliphatic heterocycles. The number of methoxy groups -OCH3 is 1. The highest BCUT2D eigenvalue weighted by molar-refractivity contribution is 5.99. The summed E-state index contributed by atoms with van der Waals surface area (Å²) in [6, 6.07) is 11.9. The van der Waals surface area contributed by atoms with Gasteiger partial charge in [-0.15, -0.1) is 0 Å². The molecule has 0 saturated carbocycles. The van der Waals surface area contributed by atoms with Gasteiger partial charge in [-0.25, -0.2) is 4.39 Å². The summed E-state index contributed by atoms with van der Waals surface area (Å²) < 4.78 is 17.7. The van der Waals surface area contributed by atoms with Crippen molar-refractivity contribution in [3.8, 4) is 5.75 Å². The molecule has 0 aliphatic rings. The summed E-state index contributed by atoms with van der Waals surface area (Å²) in [6.07, 6.45) is 0. The zero-order chi connectivity index (χ0) is 15.9. The average molecular weight is 302 g/mol. The van der Waals surface area contributed by atoms with Crippen LogP contribution in [0.5, 0.6) is 5.75 Å². The van der Waals surface area contributed by atoms with Gasteiger partial charge in [-0.1, -0.05) is 0 Å². The van der Waals surface area contributed by atoms with E-state index in [4.69, 9.17) is 4.74 Å². The Hall–Kier alpha value is -2.89. The fraction of sp³-hybridized carbons (Fsp3) is 0.125. The molecule has 0 bridgehead atoms. The van der Waals surface area contributed by atoms with Gasteiger partial charge in [-0.05, 0) is 48.5 Å². The second-order valence-corrected chi connectivity index (χ2v) is 4.47. The van der Waals surface area contributed by atoms with E-state index in [1.54, 1.807) is 24.3 Å². The topological polar surface area (TPSA) is 67.4 Å². The molecule has 5 nitrogen and oxygen atoms in total. The molecule has 0 spiro atoms. The summed E-state index contributed by atoms with van der Waals surface area (Å²) >= 11 is 0. The van der Waals surface area contributed by atoms with Crippen molar-refractivity contribution in [1.29, 1.82) is 0 Å². The minimum absolute atomic E-state index is 0.178. The highest BCUT2D eigenvalue weighted by atomic mass is 19.1. The number of halogens is 1. The Morgan fingerprint density at radius 3 is 2.27 bits per heavy atom. The molecule has 0 aromatic heterocycles. The molecule has 6 heteroatoms. The third kappa shape index (κ3) is 4.31. The monoisotopic (exact) mass is 302 g/mol. The van der Waals surface area contributed by atoms with Gasteiger partial charge in [-0.3, -0.25) is 9.59 Å². The van der Waals surface area contributed by atoms with E-state index in [0.717, 1.165) is 0 Å². The summed E-state index contributed by atoms with van der Waals surface area (Å²) in [4.78, 5) is 23.6. The number of anilines is 1. The van der Waals surface area contributed by atoms with Gasteiger partial charge in [0.25, 0.3) is 5.91 Å². The third-order valence-corrected chi connectivity index (χ3v) is 2.89. The predicted molar refractivity (Wildman–Crippen MR) is 80.4 cm³/mol. The maximum absolute atomic E-state index is 12.7. The molecule has 0 saturated heterocycles. The van der Waals surface area contributed by atoms with Crippen LogP contribution in [0.15, 0.2) is 48.5 Å². The molecular weight excluding hydrogens is 287 g/mol. The minimum Gasteiger partial charge on any atom is -0.497 e. The van der Waals surface area contributed by atoms with Crippen LogP contribution < -0.4 is 15.4 Å². The van der Waals surface area contributed by atoms with E-state index < -0.39 is 5.91 Å². The SMILES string of the molecule is COc1ccc(C(=O)NCC(=O)Nc2ccc(F)cc2)cc1. The van der Waals surface area contributed by atoms with E-state index in [-0.39, 0.29) is 18.3 Å². The van der Waals surface area contributed by atoms with Crippen LogP contribution in [0.1, 0.15) is 10.4 Å². The fourth-order valence-electron chi connectivity index (χ4n) is 1.74. The lowest BCUT2D eigenvalue weighted by Crippen LogP contribution is -2.32. The van der Waals surface area contributed by atoms with Crippen LogP contribution in [0, 0.1) is 5.82 Å². The maximum atomic E-state index is 12.7. The second kappa shape index (κ2) is 7.21. The van der Waals surface area contributed by atoms with E-state index in [1.165, 1.54) is 31.4 Å². The standard InChI is InChI=1S/C16H15FN2O3/c1-22-14-8-2-11(3-9-14)16(21)18-10-15(20)19-13-6-4-12(17)5-7-13/h2-9H,10H2,1H3,(H,18,21)(H,19,20). The van der Waals surface area contributed by atoms with Crippen molar-refractivity contribution in [3.05, 3.63) is 59.9 Å². The number of rotatable bonds is 5. The van der Waals surface area contributed by atoms with Gasteiger partial charge < -0.3 is 15.4 Å². The first kappa shape index (κ1) is 15.5. The van der Waals surface area contributed by atoms with E-state index in [9.17, 15) is 14.0 Å². The summed E-state index contributed by atoms with van der Waals surface area (Å²) in [5, 5.41) is 5.06. The van der Waals surface area contributed by atoms with E-state index in [1.807, 2.05) is 0 Å². The highest BCUT2D eigenvalue weighted by Crippen LogP contribution is 2.11. The van der Waals surface area contributed by atoms with Crippen molar-refractivity contribution in [2.24, 2.45) is 0 Å². The lowest BCUT2D eigenvalue weighted by molar-refractivity contribution is -0.115. The molecule has 2 aromatic carbocycles. The van der Waals surface area contributed by atoms with Crippen LogP contribution in [0.25, 0.3) is 0 Å². The number of benzene rings is 2. The minimum atomic E-state index is -0.395. The first-order valence-electron chi connectivity index (χ1n) is 6.56. The Labute approximate surface area is 127 Å². The molecule has 0 aliphatic carbocycles. The van der Waals surface area contributed by atoms with Crippen molar-refractivity contribution in [2.75, 3.05) is 19.0 Å². The largest absolute Gasteiger partial charge is 0.497 e. The van der Waals surface area contributed by atoms with E-state index >= 15 is 0 Å². The number of carbonyl (C=O) groups is 2. The Balaban J connectivity index is 1.84. The first-order chi connectivity index (χ1) is 10.6. The Bertz CT molecular complexity index is 654. The average Bonchev–Trinajstić information content (AvgIpc) is 2.55. The molecule has 2 aromatic rings. The van der Waals surface area contributed by atoms with Crippen molar-refractivity contribution in [1.82, 2.24) is 5.32 Å². The van der Waals surface area contributed by atoms with Crippen molar-refractivity contribution in [3.63, 3.8) is 0 Å². The zero-order valence-electron chi connectivity index (χ0n) is 11.9. The summed E-state index contributed by atoms with van der Waals surface area (Å²) in [5.41, 5.74) is 0.889. The Morgan fingerprint density at radius 1 is 1.05 bits per heavy atom. The van der Waals surface area contributed by atoms with Crippen LogP contribution in [0.4, 0.5) is 10.1 Å². The number of carbonyl (C=O) groups excluding carboxylic acids is 2. The van der Waals surface area contributed by atoms with Crippen LogP contribution in [-0.4, -0.2) is 25.5 Å². The van der Waals surface area contributed by atoms with Crippen molar-refractivity contribution in [2.45, 2.75) is 0 Å². The smallest absolute Gasteiger partial charge is 0.251 e. The van der Waals surface area contributed by atoms with Crippen LogP contribution in [-0.2, 0) is 4.79 Å². The van der Waals surface area contributed by atoms with Crippen LogP contribution in [0.3, 0.4) is 0 Å². The predicted octanol–water partition coefficient (Wildman–Crippen LogP) is 2.20. The van der Waals surface area contributed by atoms with Gasteiger partial charge in [0.15, 0.2) is 0 Å². The summed E-state index contributed by atoms with van der Waals surface area (Å²) in [6.45, 7) is -0.178. The van der Waals surface area contributed by atoms with Gasteiger partial charge in [0.2, 0.25) is 5.91 Å². The molecule has 0 atom stereocenters. The highest BCUT2D eigenvalue weighted by Gasteiger charge is 2.08. The third-order valence-electron chi connectivity index (χ3n) is 2.89. The lowest BCUT2D eigenvalue weighted by Gasteiger charge is -2.07. The van der Waals surface area contributed by atoms with E-state index in [2.05, 4.69) is 10.6 Å². The van der Waals surface area contributed by atoms with Crippen molar-refractivity contribution < 1.29 is 18.7 Å². The van der Waals surface area contributed by atoms with Crippen LogP contribution in [0.2, 0.25) is 0 Å². The molecule has 0 fully saturated rings. The normalized spacial score (nSPS) is 9.91. The number of ether oxygens (including phenoxy) is 1. The molecule has 2 amide bonds.